The lowest BCUT2D eigenvalue weighted by atomic mass is 9.89. The molecule has 88 valence electrons. The lowest BCUT2D eigenvalue weighted by Gasteiger charge is -2.37. The minimum Gasteiger partial charge on any atom is -0.306 e. The third kappa shape index (κ3) is 3.18. The van der Waals surface area contributed by atoms with Crippen LogP contribution < -0.4 is 0 Å². The van der Waals surface area contributed by atoms with E-state index in [4.69, 9.17) is 0 Å². The maximum Gasteiger partial charge on any atom is 0.00934 e. The number of rotatable bonds is 4. The van der Waals surface area contributed by atoms with Gasteiger partial charge >= 0.3 is 0 Å². The molecule has 0 heterocycles. The molecule has 0 amide bonds. The van der Waals surface area contributed by atoms with Crippen LogP contribution in [0.25, 0.3) is 0 Å². The van der Waals surface area contributed by atoms with E-state index >= 15 is 0 Å². The van der Waals surface area contributed by atoms with Crippen molar-refractivity contribution >= 4 is 0 Å². The van der Waals surface area contributed by atoms with Gasteiger partial charge in [-0.3, -0.25) is 0 Å². The van der Waals surface area contributed by atoms with E-state index in [1.54, 1.807) is 0 Å². The van der Waals surface area contributed by atoms with Gasteiger partial charge in [-0.05, 0) is 65.6 Å². The topological polar surface area (TPSA) is 6.48 Å². The zero-order valence-electron chi connectivity index (χ0n) is 10.6. The molecule has 2 rings (SSSR count). The highest BCUT2D eigenvalue weighted by molar-refractivity contribution is 4.84. The van der Waals surface area contributed by atoms with Gasteiger partial charge in [0.25, 0.3) is 0 Å². The monoisotopic (exact) mass is 210 g/mol. The summed E-state index contributed by atoms with van der Waals surface area (Å²) < 4.78 is 0. The fourth-order valence-corrected chi connectivity index (χ4v) is 2.87. The van der Waals surface area contributed by atoms with Crippen molar-refractivity contribution in [1.82, 2.24) is 9.80 Å². The molecule has 0 radical (unpaired) electrons. The van der Waals surface area contributed by atoms with Gasteiger partial charge in [-0.1, -0.05) is 0 Å². The summed E-state index contributed by atoms with van der Waals surface area (Å²) in [5.74, 6) is 1.04. The predicted molar refractivity (Wildman–Crippen MR) is 65.1 cm³/mol. The van der Waals surface area contributed by atoms with Crippen molar-refractivity contribution < 1.29 is 0 Å². The lowest BCUT2D eigenvalue weighted by Crippen LogP contribution is -2.41. The van der Waals surface area contributed by atoms with Crippen molar-refractivity contribution in [1.29, 1.82) is 0 Å². The maximum atomic E-state index is 2.63. The summed E-state index contributed by atoms with van der Waals surface area (Å²) in [5, 5.41) is 0. The summed E-state index contributed by atoms with van der Waals surface area (Å²) in [6.07, 6.45) is 8.58. The smallest absolute Gasteiger partial charge is 0.00934 e. The molecule has 2 saturated carbocycles. The van der Waals surface area contributed by atoms with Crippen molar-refractivity contribution in [2.24, 2.45) is 5.92 Å². The van der Waals surface area contributed by atoms with Crippen molar-refractivity contribution in [3.8, 4) is 0 Å². The molecule has 0 aromatic rings. The van der Waals surface area contributed by atoms with Gasteiger partial charge in [0.15, 0.2) is 0 Å². The average Bonchev–Trinajstić information content (AvgIpc) is 3.02. The Morgan fingerprint density at radius 3 is 1.80 bits per heavy atom. The third-order valence-electron chi connectivity index (χ3n) is 4.26. The highest BCUT2D eigenvalue weighted by atomic mass is 15.1. The van der Waals surface area contributed by atoms with E-state index in [2.05, 4.69) is 30.9 Å². The van der Waals surface area contributed by atoms with E-state index in [0.717, 1.165) is 18.0 Å². The van der Waals surface area contributed by atoms with Crippen LogP contribution >= 0.6 is 0 Å². The normalized spacial score (nSPS) is 32.6. The van der Waals surface area contributed by atoms with Gasteiger partial charge in [0.05, 0.1) is 0 Å². The largest absolute Gasteiger partial charge is 0.306 e. The SMILES string of the molecule is CN(C)C1CCC(N(C)CC2CC2)CC1. The maximum absolute atomic E-state index is 2.63. The van der Waals surface area contributed by atoms with Gasteiger partial charge in [0, 0.05) is 18.6 Å². The molecule has 0 unspecified atom stereocenters. The van der Waals surface area contributed by atoms with Crippen LogP contribution in [0.15, 0.2) is 0 Å². The van der Waals surface area contributed by atoms with Crippen molar-refractivity contribution in [3.05, 3.63) is 0 Å². The quantitative estimate of drug-likeness (QED) is 0.702. The number of hydrogen-bond acceptors (Lipinski definition) is 2. The Balaban J connectivity index is 1.71. The summed E-state index contributed by atoms with van der Waals surface area (Å²) in [4.78, 5) is 5.03. The first-order valence-electron chi connectivity index (χ1n) is 6.53. The van der Waals surface area contributed by atoms with E-state index in [1.807, 2.05) is 0 Å². The Morgan fingerprint density at radius 1 is 0.800 bits per heavy atom. The highest BCUT2D eigenvalue weighted by Gasteiger charge is 2.29. The average molecular weight is 210 g/mol. The van der Waals surface area contributed by atoms with Gasteiger partial charge in [-0.2, -0.15) is 0 Å². The molecule has 0 spiro atoms. The Bertz CT molecular complexity index is 191. The molecule has 0 saturated heterocycles. The zero-order chi connectivity index (χ0) is 10.8. The Morgan fingerprint density at radius 2 is 1.33 bits per heavy atom. The first-order chi connectivity index (χ1) is 7.16. The van der Waals surface area contributed by atoms with Crippen LogP contribution in [-0.2, 0) is 0 Å². The van der Waals surface area contributed by atoms with Crippen molar-refractivity contribution in [2.75, 3.05) is 27.7 Å². The van der Waals surface area contributed by atoms with Gasteiger partial charge in [0.1, 0.15) is 0 Å². The fraction of sp³-hybridized carbons (Fsp3) is 1.00. The minimum absolute atomic E-state index is 0.843. The standard InChI is InChI=1S/C13H26N2/c1-14(2)12-6-8-13(9-7-12)15(3)10-11-4-5-11/h11-13H,4-10H2,1-3H3. The molecule has 0 aliphatic heterocycles. The molecule has 2 nitrogen and oxygen atoms in total. The second kappa shape index (κ2) is 4.84. The molecule has 0 N–H and O–H groups in total. The third-order valence-corrected chi connectivity index (χ3v) is 4.26. The van der Waals surface area contributed by atoms with Crippen molar-refractivity contribution in [2.45, 2.75) is 50.6 Å². The Kier molecular flexibility index (Phi) is 3.68. The van der Waals surface area contributed by atoms with Crippen LogP contribution in [0.3, 0.4) is 0 Å². The van der Waals surface area contributed by atoms with Gasteiger partial charge in [-0.15, -0.1) is 0 Å². The second-order valence-corrected chi connectivity index (χ2v) is 5.81. The van der Waals surface area contributed by atoms with Crippen LogP contribution in [0.2, 0.25) is 0 Å². The first kappa shape index (κ1) is 11.4. The molecule has 15 heavy (non-hydrogen) atoms. The summed E-state index contributed by atoms with van der Waals surface area (Å²) in [6.45, 7) is 1.36. The molecular formula is C13H26N2. The molecule has 0 bridgehead atoms. The first-order valence-corrected chi connectivity index (χ1v) is 6.53. The summed E-state index contributed by atoms with van der Waals surface area (Å²) in [5.41, 5.74) is 0. The van der Waals surface area contributed by atoms with Gasteiger partial charge < -0.3 is 9.80 Å². The van der Waals surface area contributed by atoms with Crippen LogP contribution in [0, 0.1) is 5.92 Å². The molecule has 0 atom stereocenters. The molecule has 2 heteroatoms. The van der Waals surface area contributed by atoms with E-state index < -0.39 is 0 Å². The van der Waals surface area contributed by atoms with Gasteiger partial charge in [-0.25, -0.2) is 0 Å². The Hall–Kier alpha value is -0.0800. The van der Waals surface area contributed by atoms with Crippen LogP contribution in [0.4, 0.5) is 0 Å². The zero-order valence-corrected chi connectivity index (χ0v) is 10.6. The van der Waals surface area contributed by atoms with E-state index in [-0.39, 0.29) is 0 Å². The molecular weight excluding hydrogens is 184 g/mol. The van der Waals surface area contributed by atoms with Crippen molar-refractivity contribution in [3.63, 3.8) is 0 Å². The number of hydrogen-bond donors (Lipinski definition) is 0. The second-order valence-electron chi connectivity index (χ2n) is 5.81. The molecule has 0 aromatic carbocycles. The molecule has 2 aliphatic carbocycles. The molecule has 2 aliphatic rings. The van der Waals surface area contributed by atoms with Crippen LogP contribution in [-0.4, -0.2) is 49.6 Å². The summed E-state index contributed by atoms with van der Waals surface area (Å²) in [6, 6.07) is 1.72. The number of nitrogens with zero attached hydrogens (tertiary/aromatic N) is 2. The van der Waals surface area contributed by atoms with Crippen LogP contribution in [0.5, 0.6) is 0 Å². The molecule has 2 fully saturated rings. The predicted octanol–water partition coefficient (Wildman–Crippen LogP) is 2.20. The van der Waals surface area contributed by atoms with E-state index in [0.29, 0.717) is 0 Å². The summed E-state index contributed by atoms with van der Waals surface area (Å²) in [7, 11) is 6.77. The molecule has 0 aromatic heterocycles. The highest BCUT2D eigenvalue weighted by Crippen LogP contribution is 2.32. The fourth-order valence-electron chi connectivity index (χ4n) is 2.87. The Labute approximate surface area is 94.6 Å². The van der Waals surface area contributed by atoms with Gasteiger partial charge in [0.2, 0.25) is 0 Å². The van der Waals surface area contributed by atoms with E-state index in [1.165, 1.54) is 45.1 Å². The van der Waals surface area contributed by atoms with Crippen LogP contribution in [0.1, 0.15) is 38.5 Å². The minimum atomic E-state index is 0.843. The lowest BCUT2D eigenvalue weighted by molar-refractivity contribution is 0.135. The summed E-state index contributed by atoms with van der Waals surface area (Å²) >= 11 is 0. The van der Waals surface area contributed by atoms with E-state index in [9.17, 15) is 0 Å².